The van der Waals surface area contributed by atoms with Crippen LogP contribution in [-0.2, 0) is 0 Å². The number of rotatable bonds is 1. The van der Waals surface area contributed by atoms with E-state index in [0.717, 1.165) is 0 Å². The molecule has 72 valence electrons. The Hall–Kier alpha value is 0.350. The first-order valence-electron chi connectivity index (χ1n) is 5.03. The van der Waals surface area contributed by atoms with Gasteiger partial charge in [0.05, 0.1) is 0 Å². The first-order chi connectivity index (χ1) is 5.77. The van der Waals surface area contributed by atoms with Gasteiger partial charge in [0.2, 0.25) is 0 Å². The Kier molecular flexibility index (Phi) is 4.49. The molecule has 0 aromatic rings. The van der Waals surface area contributed by atoms with E-state index in [1.54, 1.807) is 0 Å². The molecule has 1 aliphatic carbocycles. The van der Waals surface area contributed by atoms with E-state index in [0.29, 0.717) is 0 Å². The minimum atomic E-state index is 0.129. The van der Waals surface area contributed by atoms with Gasteiger partial charge in [-0.25, -0.2) is 0 Å². The van der Waals surface area contributed by atoms with Crippen molar-refractivity contribution in [3.8, 4) is 0 Å². The zero-order chi connectivity index (χ0) is 8.86. The van der Waals surface area contributed by atoms with Crippen molar-refractivity contribution in [2.24, 2.45) is 5.84 Å². The van der Waals surface area contributed by atoms with Crippen molar-refractivity contribution in [2.45, 2.75) is 56.6 Å². The molecule has 1 unspecified atom stereocenters. The third-order valence-electron chi connectivity index (χ3n) is 2.78. The molecule has 12 heavy (non-hydrogen) atoms. The van der Waals surface area contributed by atoms with Gasteiger partial charge in [0.15, 0.2) is 0 Å². The van der Waals surface area contributed by atoms with Gasteiger partial charge < -0.3 is 0 Å². The fourth-order valence-electron chi connectivity index (χ4n) is 1.86. The highest BCUT2D eigenvalue weighted by Gasteiger charge is 2.21. The smallest absolute Gasteiger partial charge is 0.0458 e. The number of hydrogen-bond acceptors (Lipinski definition) is 2. The lowest BCUT2D eigenvalue weighted by Crippen LogP contribution is -2.43. The van der Waals surface area contributed by atoms with Crippen LogP contribution in [0.3, 0.4) is 0 Å². The lowest BCUT2D eigenvalue weighted by molar-refractivity contribution is 0.399. The molecule has 1 fully saturated rings. The quantitative estimate of drug-likeness (QED) is 0.376. The molecule has 0 amide bonds. The zero-order valence-electron chi connectivity index (χ0n) is 7.81. The molecule has 1 saturated carbocycles. The summed E-state index contributed by atoms with van der Waals surface area (Å²) in [5, 5.41) is 0.129. The van der Waals surface area contributed by atoms with E-state index in [1.807, 2.05) is 0 Å². The van der Waals surface area contributed by atoms with Crippen LogP contribution < -0.4 is 11.3 Å². The van der Waals surface area contributed by atoms with E-state index in [1.165, 1.54) is 51.4 Å². The Morgan fingerprint density at radius 2 is 1.33 bits per heavy atom. The van der Waals surface area contributed by atoms with Crippen molar-refractivity contribution < 1.29 is 0 Å². The molecule has 0 saturated heterocycles. The Labute approximate surface area is 77.8 Å². The molecule has 1 rings (SSSR count). The second kappa shape index (κ2) is 5.16. The van der Waals surface area contributed by atoms with E-state index in [4.69, 9.17) is 5.84 Å². The fraction of sp³-hybridized carbons (Fsp3) is 1.00. The molecule has 3 heteroatoms. The summed E-state index contributed by atoms with van der Waals surface area (Å²) in [5.41, 5.74) is 2.94. The normalized spacial score (nSPS) is 25.5. The maximum atomic E-state index is 5.54. The fourth-order valence-corrected chi connectivity index (χ4v) is 2.27. The lowest BCUT2D eigenvalue weighted by atomic mass is 10.1. The van der Waals surface area contributed by atoms with Crippen molar-refractivity contribution in [3.05, 3.63) is 0 Å². The average Bonchev–Trinajstić information content (AvgIpc) is 2.18. The van der Waals surface area contributed by atoms with Crippen LogP contribution in [0, 0.1) is 0 Å². The van der Waals surface area contributed by atoms with Crippen molar-refractivity contribution in [1.82, 2.24) is 5.43 Å². The number of hydrogen-bond donors (Lipinski definition) is 2. The lowest BCUT2D eigenvalue weighted by Gasteiger charge is -2.28. The molecule has 1 aliphatic rings. The molecule has 0 spiro atoms. The van der Waals surface area contributed by atoms with Crippen LogP contribution >= 0.6 is 9.24 Å². The maximum absolute atomic E-state index is 5.54. The summed E-state index contributed by atoms with van der Waals surface area (Å²) in [4.78, 5) is 0. The van der Waals surface area contributed by atoms with Crippen LogP contribution in [0.5, 0.6) is 0 Å². The summed E-state index contributed by atoms with van der Waals surface area (Å²) in [6.07, 6.45) is 10.6. The van der Waals surface area contributed by atoms with E-state index < -0.39 is 0 Å². The molecular weight excluding hydrogens is 167 g/mol. The standard InChI is InChI=1S/C9H21N2P/c10-11-9(12)7-5-3-1-2-4-6-8-9/h11H,1-8,10,12H2. The van der Waals surface area contributed by atoms with Crippen LogP contribution in [0.2, 0.25) is 0 Å². The SMILES string of the molecule is NNC1(P)CCCCCCCC1. The van der Waals surface area contributed by atoms with E-state index in [2.05, 4.69) is 14.7 Å². The summed E-state index contributed by atoms with van der Waals surface area (Å²) >= 11 is 0. The molecule has 0 radical (unpaired) electrons. The van der Waals surface area contributed by atoms with E-state index >= 15 is 0 Å². The Morgan fingerprint density at radius 1 is 0.917 bits per heavy atom. The molecule has 1 atom stereocenters. The predicted octanol–water partition coefficient (Wildman–Crippen LogP) is 2.16. The number of hydrazine groups is 1. The molecule has 2 nitrogen and oxygen atoms in total. The Balaban J connectivity index is 2.38. The minimum Gasteiger partial charge on any atom is -0.271 e. The first kappa shape index (κ1) is 10.4. The van der Waals surface area contributed by atoms with Crippen LogP contribution in [0.4, 0.5) is 0 Å². The molecule has 0 heterocycles. The maximum Gasteiger partial charge on any atom is 0.0458 e. The highest BCUT2D eigenvalue weighted by Crippen LogP contribution is 2.30. The van der Waals surface area contributed by atoms with E-state index in [-0.39, 0.29) is 5.28 Å². The molecule has 0 aliphatic heterocycles. The topological polar surface area (TPSA) is 38.0 Å². The number of nitrogens with one attached hydrogen (secondary N) is 1. The van der Waals surface area contributed by atoms with Crippen molar-refractivity contribution >= 4 is 9.24 Å². The van der Waals surface area contributed by atoms with Gasteiger partial charge in [-0.1, -0.05) is 38.5 Å². The first-order valence-corrected chi connectivity index (χ1v) is 5.61. The van der Waals surface area contributed by atoms with Crippen LogP contribution in [0.15, 0.2) is 0 Å². The number of nitrogens with two attached hydrogens (primary N) is 1. The van der Waals surface area contributed by atoms with Gasteiger partial charge in [0.25, 0.3) is 0 Å². The largest absolute Gasteiger partial charge is 0.271 e. The zero-order valence-corrected chi connectivity index (χ0v) is 8.97. The highest BCUT2D eigenvalue weighted by molar-refractivity contribution is 7.18. The Morgan fingerprint density at radius 3 is 1.75 bits per heavy atom. The summed E-state index contributed by atoms with van der Waals surface area (Å²) in [5.74, 6) is 5.54. The summed E-state index contributed by atoms with van der Waals surface area (Å²) < 4.78 is 0. The van der Waals surface area contributed by atoms with Gasteiger partial charge in [0, 0.05) is 5.28 Å². The second-order valence-electron chi connectivity index (χ2n) is 3.92. The summed E-state index contributed by atoms with van der Waals surface area (Å²) in [6, 6.07) is 0. The van der Waals surface area contributed by atoms with Gasteiger partial charge in [-0.2, -0.15) is 0 Å². The third kappa shape index (κ3) is 3.38. The monoisotopic (exact) mass is 188 g/mol. The van der Waals surface area contributed by atoms with Gasteiger partial charge in [-0.3, -0.25) is 11.3 Å². The van der Waals surface area contributed by atoms with Gasteiger partial charge >= 0.3 is 0 Å². The summed E-state index contributed by atoms with van der Waals surface area (Å²) in [6.45, 7) is 0. The second-order valence-corrected chi connectivity index (χ2v) is 5.03. The van der Waals surface area contributed by atoms with Gasteiger partial charge in [0.1, 0.15) is 0 Å². The summed E-state index contributed by atoms with van der Waals surface area (Å²) in [7, 11) is 2.88. The average molecular weight is 188 g/mol. The van der Waals surface area contributed by atoms with Gasteiger partial charge in [-0.05, 0) is 12.8 Å². The van der Waals surface area contributed by atoms with E-state index in [9.17, 15) is 0 Å². The predicted molar refractivity (Wildman–Crippen MR) is 56.7 cm³/mol. The Bertz CT molecular complexity index is 118. The van der Waals surface area contributed by atoms with Crippen LogP contribution in [0.25, 0.3) is 0 Å². The minimum absolute atomic E-state index is 0.129. The third-order valence-corrected chi connectivity index (χ3v) is 3.53. The molecular formula is C9H21N2P. The molecule has 0 bridgehead atoms. The molecule has 0 aromatic heterocycles. The highest BCUT2D eigenvalue weighted by atomic mass is 31.0. The van der Waals surface area contributed by atoms with Crippen LogP contribution in [0.1, 0.15) is 51.4 Å². The van der Waals surface area contributed by atoms with Gasteiger partial charge in [-0.15, -0.1) is 9.24 Å². The van der Waals surface area contributed by atoms with Crippen LogP contribution in [-0.4, -0.2) is 5.28 Å². The van der Waals surface area contributed by atoms with Crippen molar-refractivity contribution in [3.63, 3.8) is 0 Å². The molecule has 0 aromatic carbocycles. The van der Waals surface area contributed by atoms with Crippen molar-refractivity contribution in [2.75, 3.05) is 0 Å². The molecule has 3 N–H and O–H groups in total. The van der Waals surface area contributed by atoms with Crippen molar-refractivity contribution in [1.29, 1.82) is 0 Å².